The zero-order chi connectivity index (χ0) is 21.2. The zero-order valence-corrected chi connectivity index (χ0v) is 15.9. The van der Waals surface area contributed by atoms with Gasteiger partial charge in [0.25, 0.3) is 5.91 Å². The molecule has 1 N–H and O–H groups in total. The Bertz CT molecular complexity index is 1130. The minimum atomic E-state index is -4.62. The Kier molecular flexibility index (Phi) is 5.74. The third-order valence-electron chi connectivity index (χ3n) is 4.10. The predicted molar refractivity (Wildman–Crippen MR) is 102 cm³/mol. The normalized spacial score (nSPS) is 11.3. The molecule has 3 aromatic rings. The summed E-state index contributed by atoms with van der Waals surface area (Å²) < 4.78 is 41.0. The molecule has 2 aromatic carbocycles. The molecule has 0 radical (unpaired) electrons. The first-order chi connectivity index (χ1) is 13.7. The lowest BCUT2D eigenvalue weighted by molar-refractivity contribution is -0.137. The number of carbonyl (C=O) groups is 1. The van der Waals surface area contributed by atoms with Crippen LogP contribution in [0.1, 0.15) is 27.3 Å². The van der Waals surface area contributed by atoms with Crippen molar-refractivity contribution in [1.29, 1.82) is 0 Å². The highest BCUT2D eigenvalue weighted by Crippen LogP contribution is 2.33. The van der Waals surface area contributed by atoms with Crippen LogP contribution in [0.5, 0.6) is 0 Å². The Morgan fingerprint density at radius 2 is 1.86 bits per heavy atom. The van der Waals surface area contributed by atoms with Crippen molar-refractivity contribution in [2.75, 3.05) is 0 Å². The van der Waals surface area contributed by atoms with Gasteiger partial charge in [0.15, 0.2) is 5.69 Å². The maximum atomic E-state index is 13.4. The molecule has 150 valence electrons. The Morgan fingerprint density at radius 1 is 1.14 bits per heavy atom. The Hall–Kier alpha value is -3.13. The van der Waals surface area contributed by atoms with Crippen LogP contribution in [0.25, 0.3) is 5.69 Å². The van der Waals surface area contributed by atoms with Gasteiger partial charge in [-0.2, -0.15) is 18.3 Å². The van der Waals surface area contributed by atoms with Crippen molar-refractivity contribution >= 4 is 17.5 Å². The molecule has 0 aliphatic rings. The molecule has 0 atom stereocenters. The molecular weight excluding hydrogens is 407 g/mol. The lowest BCUT2D eigenvalue weighted by Gasteiger charge is -2.16. The number of nitrogens with zero attached hydrogens (tertiary/aromatic N) is 2. The van der Waals surface area contributed by atoms with Gasteiger partial charge in [0.2, 0.25) is 5.43 Å². The number of benzene rings is 2. The largest absolute Gasteiger partial charge is 0.418 e. The second-order valence-corrected chi connectivity index (χ2v) is 6.67. The maximum absolute atomic E-state index is 13.4. The summed E-state index contributed by atoms with van der Waals surface area (Å²) in [6.45, 7) is 1.52. The third-order valence-corrected chi connectivity index (χ3v) is 4.34. The zero-order valence-electron chi connectivity index (χ0n) is 15.1. The van der Waals surface area contributed by atoms with Gasteiger partial charge in [-0.25, -0.2) is 4.68 Å². The fourth-order valence-corrected chi connectivity index (χ4v) is 2.97. The predicted octanol–water partition coefficient (Wildman–Crippen LogP) is 4.14. The molecule has 0 bridgehead atoms. The summed E-state index contributed by atoms with van der Waals surface area (Å²) in [6.07, 6.45) is -4.62. The molecule has 1 amide bonds. The van der Waals surface area contributed by atoms with Crippen molar-refractivity contribution < 1.29 is 18.0 Å². The highest BCUT2D eigenvalue weighted by Gasteiger charge is 2.34. The molecule has 9 heteroatoms. The topological polar surface area (TPSA) is 64.0 Å². The van der Waals surface area contributed by atoms with E-state index in [1.54, 1.807) is 24.3 Å². The number of nitrogens with one attached hydrogen (secondary N) is 1. The number of carbonyl (C=O) groups excluding carboxylic acids is 1. The van der Waals surface area contributed by atoms with Crippen molar-refractivity contribution in [2.24, 2.45) is 0 Å². The molecule has 0 aliphatic carbocycles. The molecule has 29 heavy (non-hydrogen) atoms. The highest BCUT2D eigenvalue weighted by molar-refractivity contribution is 6.30. The van der Waals surface area contributed by atoms with E-state index in [9.17, 15) is 22.8 Å². The van der Waals surface area contributed by atoms with Crippen molar-refractivity contribution in [1.82, 2.24) is 15.1 Å². The average molecular weight is 422 g/mol. The molecule has 3 rings (SSSR count). The summed E-state index contributed by atoms with van der Waals surface area (Å²) in [5, 5.41) is 6.93. The highest BCUT2D eigenvalue weighted by atomic mass is 35.5. The molecule has 0 fully saturated rings. The second kappa shape index (κ2) is 8.08. The van der Waals surface area contributed by atoms with Crippen LogP contribution in [-0.2, 0) is 12.7 Å². The van der Waals surface area contributed by atoms with E-state index in [0.29, 0.717) is 10.6 Å². The van der Waals surface area contributed by atoms with Crippen LogP contribution >= 0.6 is 11.6 Å². The van der Waals surface area contributed by atoms with E-state index >= 15 is 0 Å². The summed E-state index contributed by atoms with van der Waals surface area (Å²) in [6, 6.07) is 12.6. The van der Waals surface area contributed by atoms with E-state index in [0.717, 1.165) is 16.8 Å². The average Bonchev–Trinajstić information content (AvgIpc) is 2.66. The van der Waals surface area contributed by atoms with Crippen molar-refractivity contribution in [3.63, 3.8) is 0 Å². The minimum Gasteiger partial charge on any atom is -0.346 e. The lowest BCUT2D eigenvalue weighted by atomic mass is 10.1. The number of aryl methyl sites for hydroxylation is 1. The van der Waals surface area contributed by atoms with Crippen LogP contribution in [0.3, 0.4) is 0 Å². The van der Waals surface area contributed by atoms with E-state index in [-0.39, 0.29) is 17.9 Å². The molecule has 0 unspecified atom stereocenters. The van der Waals surface area contributed by atoms with Crippen LogP contribution in [-0.4, -0.2) is 15.7 Å². The standard InChI is InChI=1S/C20H15ClF3N3O2/c1-12-9-17(28)18(19(29)25-11-13-5-4-6-14(21)10-13)26-27(12)16-8-3-2-7-15(16)20(22,23)24/h2-10H,11H2,1H3,(H,25,29). The van der Waals surface area contributed by atoms with Crippen LogP contribution < -0.4 is 10.7 Å². The van der Waals surface area contributed by atoms with E-state index in [1.165, 1.54) is 25.1 Å². The first-order valence-corrected chi connectivity index (χ1v) is 8.85. The second-order valence-electron chi connectivity index (χ2n) is 6.24. The van der Waals surface area contributed by atoms with Crippen LogP contribution in [0, 0.1) is 6.92 Å². The molecular formula is C20H15ClF3N3O2. The van der Waals surface area contributed by atoms with E-state index in [4.69, 9.17) is 11.6 Å². The maximum Gasteiger partial charge on any atom is 0.418 e. The van der Waals surface area contributed by atoms with Crippen molar-refractivity contribution in [3.8, 4) is 5.69 Å². The number of hydrogen-bond acceptors (Lipinski definition) is 3. The number of aromatic nitrogens is 2. The van der Waals surface area contributed by atoms with Gasteiger partial charge in [0.1, 0.15) is 0 Å². The fourth-order valence-electron chi connectivity index (χ4n) is 2.76. The fraction of sp³-hybridized carbons (Fsp3) is 0.150. The molecule has 0 aliphatic heterocycles. The van der Waals surface area contributed by atoms with Gasteiger partial charge in [0, 0.05) is 23.3 Å². The van der Waals surface area contributed by atoms with Gasteiger partial charge in [-0.3, -0.25) is 9.59 Å². The van der Waals surface area contributed by atoms with E-state index < -0.39 is 28.8 Å². The molecule has 1 aromatic heterocycles. The molecule has 0 saturated carbocycles. The van der Waals surface area contributed by atoms with Crippen LogP contribution in [0.15, 0.2) is 59.4 Å². The van der Waals surface area contributed by atoms with Gasteiger partial charge >= 0.3 is 6.18 Å². The van der Waals surface area contributed by atoms with Gasteiger partial charge < -0.3 is 5.32 Å². The van der Waals surface area contributed by atoms with E-state index in [2.05, 4.69) is 10.4 Å². The number of halogens is 4. The Labute approximate surface area is 168 Å². The van der Waals surface area contributed by atoms with Gasteiger partial charge in [-0.15, -0.1) is 0 Å². The van der Waals surface area contributed by atoms with Gasteiger partial charge in [0.05, 0.1) is 11.3 Å². The smallest absolute Gasteiger partial charge is 0.346 e. The molecule has 1 heterocycles. The van der Waals surface area contributed by atoms with Crippen molar-refractivity contribution in [2.45, 2.75) is 19.6 Å². The van der Waals surface area contributed by atoms with Gasteiger partial charge in [-0.05, 0) is 36.8 Å². The third kappa shape index (κ3) is 4.65. The number of hydrogen-bond donors (Lipinski definition) is 1. The summed E-state index contributed by atoms with van der Waals surface area (Å²) in [4.78, 5) is 24.7. The number of para-hydroxylation sites is 1. The number of rotatable bonds is 4. The van der Waals surface area contributed by atoms with Crippen molar-refractivity contribution in [3.05, 3.63) is 92.4 Å². The monoisotopic (exact) mass is 421 g/mol. The van der Waals surface area contributed by atoms with Crippen LogP contribution in [0.4, 0.5) is 13.2 Å². The lowest BCUT2D eigenvalue weighted by Crippen LogP contribution is -2.32. The number of amides is 1. The summed E-state index contributed by atoms with van der Waals surface area (Å²) in [5.41, 5.74) is -1.54. The first kappa shape index (κ1) is 20.6. The Morgan fingerprint density at radius 3 is 2.55 bits per heavy atom. The SMILES string of the molecule is Cc1cc(=O)c(C(=O)NCc2cccc(Cl)c2)nn1-c1ccccc1C(F)(F)F. The first-order valence-electron chi connectivity index (χ1n) is 8.47. The Balaban J connectivity index is 1.97. The minimum absolute atomic E-state index is 0.0769. The summed E-state index contributed by atoms with van der Waals surface area (Å²) >= 11 is 5.89. The quantitative estimate of drug-likeness (QED) is 0.688. The molecule has 0 spiro atoms. The molecule has 5 nitrogen and oxygen atoms in total. The number of alkyl halides is 3. The van der Waals surface area contributed by atoms with Gasteiger partial charge in [-0.1, -0.05) is 35.9 Å². The summed E-state index contributed by atoms with van der Waals surface area (Å²) in [5.74, 6) is -0.798. The summed E-state index contributed by atoms with van der Waals surface area (Å²) in [7, 11) is 0. The van der Waals surface area contributed by atoms with E-state index in [1.807, 2.05) is 0 Å². The van der Waals surface area contributed by atoms with Crippen LogP contribution in [0.2, 0.25) is 5.02 Å². The molecule has 0 saturated heterocycles.